The first-order valence-electron chi connectivity index (χ1n) is 6.66. The van der Waals surface area contributed by atoms with Crippen LogP contribution in [0.15, 0.2) is 51.6 Å². The van der Waals surface area contributed by atoms with E-state index in [1.165, 1.54) is 41.7 Å². The average Bonchev–Trinajstić information content (AvgIpc) is 3.24. The maximum absolute atomic E-state index is 13.0. The van der Waals surface area contributed by atoms with Crippen molar-refractivity contribution in [2.75, 3.05) is 0 Å². The number of thiophene rings is 1. The van der Waals surface area contributed by atoms with E-state index in [2.05, 4.69) is 20.6 Å². The summed E-state index contributed by atoms with van der Waals surface area (Å²) >= 11 is 1.20. The molecule has 0 aliphatic heterocycles. The van der Waals surface area contributed by atoms with Crippen LogP contribution in [0.2, 0.25) is 0 Å². The summed E-state index contributed by atoms with van der Waals surface area (Å²) in [6.07, 6.45) is 1.72. The fourth-order valence-electron chi connectivity index (χ4n) is 1.95. The first-order valence-corrected chi connectivity index (χ1v) is 9.02. The molecule has 10 heteroatoms. The molecule has 0 radical (unpaired) electrons. The number of aromatic amines is 1. The van der Waals surface area contributed by atoms with Crippen LogP contribution in [0, 0.1) is 5.82 Å². The minimum atomic E-state index is -3.78. The van der Waals surface area contributed by atoms with E-state index >= 15 is 0 Å². The van der Waals surface area contributed by atoms with Crippen LogP contribution in [-0.2, 0) is 9.84 Å². The number of nitrogens with one attached hydrogen (secondary N) is 1. The van der Waals surface area contributed by atoms with Crippen LogP contribution >= 0.6 is 11.3 Å². The summed E-state index contributed by atoms with van der Waals surface area (Å²) in [6.45, 7) is 0. The summed E-state index contributed by atoms with van der Waals surface area (Å²) < 4.78 is 38.3. The second-order valence-electron chi connectivity index (χ2n) is 4.68. The van der Waals surface area contributed by atoms with Gasteiger partial charge in [0.15, 0.2) is 0 Å². The molecule has 0 spiro atoms. The normalized spacial score (nSPS) is 13.4. The minimum absolute atomic E-state index is 0.00401. The zero-order valence-corrected chi connectivity index (χ0v) is 13.6. The molecule has 24 heavy (non-hydrogen) atoms. The number of rotatable bonds is 5. The molecule has 2 aromatic heterocycles. The highest BCUT2D eigenvalue weighted by Gasteiger charge is 2.21. The van der Waals surface area contributed by atoms with E-state index in [1.807, 2.05) is 0 Å². The lowest BCUT2D eigenvalue weighted by Crippen LogP contribution is -2.02. The molecule has 2 N–H and O–H groups in total. The number of aromatic nitrogens is 4. The van der Waals surface area contributed by atoms with Gasteiger partial charge in [0.25, 0.3) is 0 Å². The first-order chi connectivity index (χ1) is 11.5. The fourth-order valence-corrected chi connectivity index (χ4v) is 4.53. The van der Waals surface area contributed by atoms with E-state index in [1.54, 1.807) is 5.38 Å². The van der Waals surface area contributed by atoms with Crippen LogP contribution in [0.4, 0.5) is 4.39 Å². The number of sulfone groups is 1. The molecule has 3 rings (SSSR count). The number of nitrogens with zero attached hydrogens (tertiary/aromatic N) is 3. The standard InChI is InChI=1S/C14H11FN4O3S2/c15-9-1-3-10(4-2-9)24(21,22)13-7-8-23-12(13)6-5-11(20)14-16-18-19-17-14/h1-8,11,20H,(H,16,17,18,19). The molecule has 0 aliphatic carbocycles. The lowest BCUT2D eigenvalue weighted by Gasteiger charge is -2.04. The van der Waals surface area contributed by atoms with Gasteiger partial charge in [-0.3, -0.25) is 0 Å². The van der Waals surface area contributed by atoms with Gasteiger partial charge in [-0.1, -0.05) is 5.21 Å². The smallest absolute Gasteiger partial charge is 0.208 e. The number of benzene rings is 1. The lowest BCUT2D eigenvalue weighted by atomic mass is 10.3. The van der Waals surface area contributed by atoms with Gasteiger partial charge in [0.05, 0.1) is 9.79 Å². The van der Waals surface area contributed by atoms with E-state index < -0.39 is 21.8 Å². The van der Waals surface area contributed by atoms with Gasteiger partial charge in [-0.05, 0) is 47.9 Å². The number of hydrogen-bond acceptors (Lipinski definition) is 7. The molecule has 1 atom stereocenters. The third kappa shape index (κ3) is 3.25. The second-order valence-corrected chi connectivity index (χ2v) is 7.55. The summed E-state index contributed by atoms with van der Waals surface area (Å²) in [4.78, 5) is 0.508. The van der Waals surface area contributed by atoms with Crippen molar-refractivity contribution >= 4 is 27.3 Å². The molecule has 2 heterocycles. The van der Waals surface area contributed by atoms with Crippen LogP contribution in [0.5, 0.6) is 0 Å². The van der Waals surface area contributed by atoms with Gasteiger partial charge in [-0.25, -0.2) is 12.8 Å². The van der Waals surface area contributed by atoms with Crippen molar-refractivity contribution in [1.82, 2.24) is 20.6 Å². The number of hydrogen-bond donors (Lipinski definition) is 2. The van der Waals surface area contributed by atoms with Crippen LogP contribution < -0.4 is 0 Å². The third-order valence-electron chi connectivity index (χ3n) is 3.13. The maximum Gasteiger partial charge on any atom is 0.208 e. The Morgan fingerprint density at radius 3 is 2.67 bits per heavy atom. The Morgan fingerprint density at radius 2 is 2.00 bits per heavy atom. The molecule has 0 bridgehead atoms. The molecule has 1 unspecified atom stereocenters. The van der Waals surface area contributed by atoms with Crippen molar-refractivity contribution in [2.24, 2.45) is 0 Å². The van der Waals surface area contributed by atoms with Crippen molar-refractivity contribution in [1.29, 1.82) is 0 Å². The Bertz CT molecular complexity index is 950. The average molecular weight is 366 g/mol. The van der Waals surface area contributed by atoms with E-state index in [9.17, 15) is 17.9 Å². The number of aliphatic hydroxyl groups excluding tert-OH is 1. The summed E-state index contributed by atoms with van der Waals surface area (Å²) in [5.41, 5.74) is 0. The third-order valence-corrected chi connectivity index (χ3v) is 5.97. The molecular formula is C14H11FN4O3S2. The van der Waals surface area contributed by atoms with Gasteiger partial charge in [-0.15, -0.1) is 21.5 Å². The molecule has 3 aromatic rings. The van der Waals surface area contributed by atoms with E-state index in [4.69, 9.17) is 0 Å². The van der Waals surface area contributed by atoms with Crippen molar-refractivity contribution in [3.63, 3.8) is 0 Å². The second kappa shape index (κ2) is 6.59. The fraction of sp³-hybridized carbons (Fsp3) is 0.0714. The Balaban J connectivity index is 1.91. The highest BCUT2D eigenvalue weighted by Crippen LogP contribution is 2.29. The van der Waals surface area contributed by atoms with Crippen molar-refractivity contribution in [3.8, 4) is 0 Å². The summed E-state index contributed by atoms with van der Waals surface area (Å²) in [7, 11) is -3.78. The Kier molecular flexibility index (Phi) is 4.51. The Hall–Kier alpha value is -2.43. The van der Waals surface area contributed by atoms with Gasteiger partial charge in [-0.2, -0.15) is 5.21 Å². The number of H-pyrrole nitrogens is 1. The number of aliphatic hydroxyl groups is 1. The molecule has 0 amide bonds. The predicted octanol–water partition coefficient (Wildman–Crippen LogP) is 1.98. The zero-order valence-electron chi connectivity index (χ0n) is 12.0. The topological polar surface area (TPSA) is 109 Å². The van der Waals surface area contributed by atoms with Gasteiger partial charge in [0.1, 0.15) is 11.9 Å². The van der Waals surface area contributed by atoms with Crippen LogP contribution in [0.1, 0.15) is 16.8 Å². The van der Waals surface area contributed by atoms with Crippen molar-refractivity contribution in [2.45, 2.75) is 15.9 Å². The molecule has 0 aliphatic rings. The monoisotopic (exact) mass is 366 g/mol. The van der Waals surface area contributed by atoms with Crippen LogP contribution in [-0.4, -0.2) is 34.1 Å². The first kappa shape index (κ1) is 16.4. The van der Waals surface area contributed by atoms with Gasteiger partial charge >= 0.3 is 0 Å². The highest BCUT2D eigenvalue weighted by molar-refractivity contribution is 7.91. The number of halogens is 1. The van der Waals surface area contributed by atoms with Gasteiger partial charge < -0.3 is 5.11 Å². The SMILES string of the molecule is O=S(=O)(c1ccc(F)cc1)c1ccsc1C=CC(O)c1nn[nH]n1. The van der Waals surface area contributed by atoms with Gasteiger partial charge in [0, 0.05) is 4.88 Å². The van der Waals surface area contributed by atoms with Crippen LogP contribution in [0.3, 0.4) is 0 Å². The lowest BCUT2D eigenvalue weighted by molar-refractivity contribution is 0.219. The van der Waals surface area contributed by atoms with Gasteiger partial charge in [0.2, 0.25) is 15.7 Å². The largest absolute Gasteiger partial charge is 0.381 e. The summed E-state index contributed by atoms with van der Waals surface area (Å²) in [6, 6.07) is 6.07. The molecular weight excluding hydrogens is 355 g/mol. The molecule has 7 nitrogen and oxygen atoms in total. The Morgan fingerprint density at radius 1 is 1.25 bits per heavy atom. The summed E-state index contributed by atoms with van der Waals surface area (Å²) in [5.74, 6) is -0.437. The molecule has 124 valence electrons. The van der Waals surface area contributed by atoms with E-state index in [0.717, 1.165) is 12.1 Å². The van der Waals surface area contributed by atoms with Crippen LogP contribution in [0.25, 0.3) is 6.08 Å². The molecule has 0 saturated carbocycles. The molecule has 0 fully saturated rings. The van der Waals surface area contributed by atoms with Crippen molar-refractivity contribution < 1.29 is 17.9 Å². The zero-order chi connectivity index (χ0) is 17.2. The number of tetrazole rings is 1. The Labute approximate surface area is 140 Å². The highest BCUT2D eigenvalue weighted by atomic mass is 32.2. The predicted molar refractivity (Wildman–Crippen MR) is 84.3 cm³/mol. The van der Waals surface area contributed by atoms with Crippen molar-refractivity contribution in [3.05, 3.63) is 58.3 Å². The minimum Gasteiger partial charge on any atom is -0.381 e. The van der Waals surface area contributed by atoms with E-state index in [0.29, 0.717) is 4.88 Å². The summed E-state index contributed by atoms with van der Waals surface area (Å²) in [5, 5.41) is 24.4. The quantitative estimate of drug-likeness (QED) is 0.668. The maximum atomic E-state index is 13.0. The molecule has 0 saturated heterocycles. The molecule has 1 aromatic carbocycles. The van der Waals surface area contributed by atoms with E-state index in [-0.39, 0.29) is 15.6 Å².